The SMILES string of the molecule is CCCCCCCC/C=C/CCCC(O)C(O)C(CO)NC(=O)CCCCCCCCCCCCCCCCCCC/C=C\CCCCCCCCCCCCCCCCCCCC. The van der Waals surface area contributed by atoms with Gasteiger partial charge in [0.2, 0.25) is 5.91 Å². The third-order valence-electron chi connectivity index (χ3n) is 13.8. The number of hydrogen-bond acceptors (Lipinski definition) is 4. The second-order valence-electron chi connectivity index (χ2n) is 20.2. The Morgan fingerprint density at radius 3 is 0.906 bits per heavy atom. The van der Waals surface area contributed by atoms with Crippen molar-refractivity contribution < 1.29 is 20.1 Å². The molecule has 4 N–H and O–H groups in total. The molecule has 0 spiro atoms. The minimum absolute atomic E-state index is 0.151. The number of aliphatic hydroxyl groups is 3. The van der Waals surface area contributed by atoms with E-state index in [1.54, 1.807) is 0 Å². The summed E-state index contributed by atoms with van der Waals surface area (Å²) in [5.74, 6) is -0.151. The molecule has 0 aromatic carbocycles. The molecule has 0 heterocycles. The third-order valence-corrected chi connectivity index (χ3v) is 13.8. The van der Waals surface area contributed by atoms with E-state index >= 15 is 0 Å². The summed E-state index contributed by atoms with van der Waals surface area (Å²) in [5, 5.41) is 33.5. The van der Waals surface area contributed by atoms with Crippen LogP contribution >= 0.6 is 0 Å². The molecule has 0 aromatic heterocycles. The summed E-state index contributed by atoms with van der Waals surface area (Å²) in [4.78, 5) is 12.5. The fourth-order valence-corrected chi connectivity index (χ4v) is 9.28. The van der Waals surface area contributed by atoms with Gasteiger partial charge >= 0.3 is 0 Å². The molecule has 0 saturated heterocycles. The summed E-state index contributed by atoms with van der Waals surface area (Å²) in [6.45, 7) is 4.17. The summed E-state index contributed by atoms with van der Waals surface area (Å²) >= 11 is 0. The lowest BCUT2D eigenvalue weighted by molar-refractivity contribution is -0.124. The molecule has 3 unspecified atom stereocenters. The second-order valence-corrected chi connectivity index (χ2v) is 20.2. The Balaban J connectivity index is 3.41. The highest BCUT2D eigenvalue weighted by Gasteiger charge is 2.26. The molecule has 0 aromatic rings. The van der Waals surface area contributed by atoms with Gasteiger partial charge in [-0.1, -0.05) is 276 Å². The first-order valence-electron chi connectivity index (χ1n) is 29.1. The lowest BCUT2D eigenvalue weighted by Gasteiger charge is -2.26. The number of aliphatic hydroxyl groups excluding tert-OH is 3. The van der Waals surface area contributed by atoms with Crippen molar-refractivity contribution in [2.24, 2.45) is 0 Å². The van der Waals surface area contributed by atoms with E-state index in [1.807, 2.05) is 0 Å². The maximum Gasteiger partial charge on any atom is 0.220 e. The standard InChI is InChI=1S/C59H115NO4/c1-3-5-7-9-11-13-15-16-17-18-19-20-21-22-23-24-25-26-27-28-29-30-31-32-33-34-35-36-37-38-39-40-41-42-44-46-48-50-52-54-58(63)60-56(55-61)59(64)57(62)53-51-49-47-45-43-14-12-10-8-6-4-2/h28-29,45,47,56-57,59,61-62,64H,3-27,30-44,46,48-55H2,1-2H3,(H,60,63)/b29-28-,47-45+. The molecule has 0 saturated carbocycles. The first-order chi connectivity index (χ1) is 31.6. The van der Waals surface area contributed by atoms with E-state index in [1.165, 1.54) is 257 Å². The van der Waals surface area contributed by atoms with Crippen LogP contribution in [0.3, 0.4) is 0 Å². The van der Waals surface area contributed by atoms with Gasteiger partial charge in [0.1, 0.15) is 6.10 Å². The molecular formula is C59H115NO4. The quantitative estimate of drug-likeness (QED) is 0.0362. The van der Waals surface area contributed by atoms with Crippen molar-refractivity contribution in [3.8, 4) is 0 Å². The number of allylic oxidation sites excluding steroid dienone is 4. The minimum Gasteiger partial charge on any atom is -0.394 e. The molecule has 3 atom stereocenters. The molecule has 5 nitrogen and oxygen atoms in total. The van der Waals surface area contributed by atoms with E-state index in [-0.39, 0.29) is 12.5 Å². The predicted molar refractivity (Wildman–Crippen MR) is 282 cm³/mol. The maximum atomic E-state index is 12.5. The Bertz CT molecular complexity index is 951. The predicted octanol–water partition coefficient (Wildman–Crippen LogP) is 18.1. The van der Waals surface area contributed by atoms with Crippen LogP contribution in [0.15, 0.2) is 24.3 Å². The maximum absolute atomic E-state index is 12.5. The number of nitrogens with one attached hydrogen (secondary N) is 1. The zero-order valence-electron chi connectivity index (χ0n) is 43.4. The first kappa shape index (κ1) is 62.8. The smallest absolute Gasteiger partial charge is 0.220 e. The molecule has 380 valence electrons. The van der Waals surface area contributed by atoms with Crippen LogP contribution in [0.5, 0.6) is 0 Å². The van der Waals surface area contributed by atoms with Crippen molar-refractivity contribution in [1.82, 2.24) is 5.32 Å². The van der Waals surface area contributed by atoms with Gasteiger partial charge in [-0.05, 0) is 64.2 Å². The molecule has 0 radical (unpaired) electrons. The number of carbonyl (C=O) groups is 1. The van der Waals surface area contributed by atoms with Gasteiger partial charge in [-0.25, -0.2) is 0 Å². The molecular weight excluding hydrogens is 787 g/mol. The Morgan fingerprint density at radius 2 is 0.625 bits per heavy atom. The topological polar surface area (TPSA) is 89.8 Å². The molecule has 0 aliphatic heterocycles. The van der Waals surface area contributed by atoms with E-state index in [9.17, 15) is 20.1 Å². The van der Waals surface area contributed by atoms with Crippen LogP contribution < -0.4 is 5.32 Å². The van der Waals surface area contributed by atoms with Gasteiger partial charge < -0.3 is 20.6 Å². The molecule has 5 heteroatoms. The van der Waals surface area contributed by atoms with Crippen molar-refractivity contribution in [3.05, 3.63) is 24.3 Å². The minimum atomic E-state index is -1.16. The highest BCUT2D eigenvalue weighted by Crippen LogP contribution is 2.18. The van der Waals surface area contributed by atoms with Crippen molar-refractivity contribution >= 4 is 5.91 Å². The molecule has 0 fully saturated rings. The van der Waals surface area contributed by atoms with Crippen molar-refractivity contribution in [1.29, 1.82) is 0 Å². The highest BCUT2D eigenvalue weighted by molar-refractivity contribution is 5.76. The van der Waals surface area contributed by atoms with E-state index in [0.717, 1.165) is 38.5 Å². The highest BCUT2D eigenvalue weighted by atomic mass is 16.3. The number of unbranched alkanes of at least 4 members (excludes halogenated alkanes) is 42. The second kappa shape index (κ2) is 54.4. The summed E-state index contributed by atoms with van der Waals surface area (Å²) < 4.78 is 0. The summed E-state index contributed by atoms with van der Waals surface area (Å²) in [6, 6.07) is -0.823. The molecule has 0 bridgehead atoms. The van der Waals surface area contributed by atoms with Crippen LogP contribution in [-0.4, -0.2) is 46.1 Å². The third kappa shape index (κ3) is 48.8. The number of hydrogen-bond donors (Lipinski definition) is 4. The van der Waals surface area contributed by atoms with Gasteiger partial charge in [-0.3, -0.25) is 4.79 Å². The van der Waals surface area contributed by atoms with Gasteiger partial charge in [0.15, 0.2) is 0 Å². The number of amides is 1. The van der Waals surface area contributed by atoms with E-state index in [2.05, 4.69) is 43.5 Å². The van der Waals surface area contributed by atoms with Gasteiger partial charge in [-0.15, -0.1) is 0 Å². The Labute approximate surface area is 401 Å². The van der Waals surface area contributed by atoms with Crippen LogP contribution in [0.25, 0.3) is 0 Å². The van der Waals surface area contributed by atoms with Gasteiger partial charge in [0, 0.05) is 6.42 Å². The number of carbonyl (C=O) groups excluding carboxylic acids is 1. The lowest BCUT2D eigenvalue weighted by Crippen LogP contribution is -2.50. The normalized spacial score (nSPS) is 13.4. The summed E-state index contributed by atoms with van der Waals surface area (Å²) in [6.07, 6.45) is 69.5. The van der Waals surface area contributed by atoms with Crippen LogP contribution in [0, 0.1) is 0 Å². The Hall–Kier alpha value is -1.17. The molecule has 64 heavy (non-hydrogen) atoms. The van der Waals surface area contributed by atoms with E-state index < -0.39 is 18.2 Å². The molecule has 0 rings (SSSR count). The Morgan fingerprint density at radius 1 is 0.375 bits per heavy atom. The lowest BCUT2D eigenvalue weighted by atomic mass is 10.0. The van der Waals surface area contributed by atoms with Gasteiger partial charge in [-0.2, -0.15) is 0 Å². The van der Waals surface area contributed by atoms with Crippen LogP contribution in [0.1, 0.15) is 322 Å². The van der Waals surface area contributed by atoms with E-state index in [4.69, 9.17) is 0 Å². The molecule has 0 aliphatic rings. The van der Waals surface area contributed by atoms with Gasteiger partial charge in [0.25, 0.3) is 0 Å². The number of rotatable bonds is 54. The van der Waals surface area contributed by atoms with Crippen LogP contribution in [0.4, 0.5) is 0 Å². The largest absolute Gasteiger partial charge is 0.394 e. The summed E-state index contributed by atoms with van der Waals surface area (Å²) in [7, 11) is 0. The average Bonchev–Trinajstić information content (AvgIpc) is 3.30. The zero-order chi connectivity index (χ0) is 46.5. The van der Waals surface area contributed by atoms with E-state index in [0.29, 0.717) is 12.8 Å². The van der Waals surface area contributed by atoms with Crippen molar-refractivity contribution in [2.75, 3.05) is 6.61 Å². The Kier molecular flexibility index (Phi) is 53.4. The van der Waals surface area contributed by atoms with Gasteiger partial charge in [0.05, 0.1) is 18.8 Å². The van der Waals surface area contributed by atoms with Crippen LogP contribution in [0.2, 0.25) is 0 Å². The first-order valence-corrected chi connectivity index (χ1v) is 29.1. The molecule has 1 amide bonds. The average molecular weight is 903 g/mol. The molecule has 0 aliphatic carbocycles. The zero-order valence-corrected chi connectivity index (χ0v) is 43.4. The summed E-state index contributed by atoms with van der Waals surface area (Å²) in [5.41, 5.74) is 0. The van der Waals surface area contributed by atoms with Crippen molar-refractivity contribution in [3.63, 3.8) is 0 Å². The van der Waals surface area contributed by atoms with Crippen LogP contribution in [-0.2, 0) is 4.79 Å². The van der Waals surface area contributed by atoms with Crippen molar-refractivity contribution in [2.45, 2.75) is 340 Å². The fraction of sp³-hybridized carbons (Fsp3) is 0.915. The monoisotopic (exact) mass is 902 g/mol. The fourth-order valence-electron chi connectivity index (χ4n) is 9.28.